The standard InChI is InChI=1S/C12H22N2O3/c1-11(2,3)14-10(17)13-8-12(5-4-6-12)7-9(15)16/h4-8H2,1-3H3,(H,15,16)(H2,13,14,17). The summed E-state index contributed by atoms with van der Waals surface area (Å²) in [6, 6.07) is -0.228. The van der Waals surface area contributed by atoms with Crippen LogP contribution in [-0.4, -0.2) is 29.2 Å². The van der Waals surface area contributed by atoms with Gasteiger partial charge >= 0.3 is 12.0 Å². The summed E-state index contributed by atoms with van der Waals surface area (Å²) in [6.07, 6.45) is 2.96. The van der Waals surface area contributed by atoms with Crippen LogP contribution in [0.3, 0.4) is 0 Å². The van der Waals surface area contributed by atoms with Crippen molar-refractivity contribution in [3.63, 3.8) is 0 Å². The Kier molecular flexibility index (Phi) is 4.01. The van der Waals surface area contributed by atoms with Gasteiger partial charge in [-0.3, -0.25) is 4.79 Å². The highest BCUT2D eigenvalue weighted by Crippen LogP contribution is 2.43. The van der Waals surface area contributed by atoms with Crippen LogP contribution >= 0.6 is 0 Å². The zero-order valence-corrected chi connectivity index (χ0v) is 10.8. The van der Waals surface area contributed by atoms with Crippen molar-refractivity contribution in [2.75, 3.05) is 6.54 Å². The Balaban J connectivity index is 2.38. The number of carbonyl (C=O) groups is 2. The lowest BCUT2D eigenvalue weighted by atomic mass is 9.66. The van der Waals surface area contributed by atoms with Gasteiger partial charge in [0, 0.05) is 12.1 Å². The molecule has 0 radical (unpaired) electrons. The normalized spacial score (nSPS) is 18.1. The van der Waals surface area contributed by atoms with Gasteiger partial charge in [0.25, 0.3) is 0 Å². The highest BCUT2D eigenvalue weighted by atomic mass is 16.4. The molecule has 5 nitrogen and oxygen atoms in total. The second kappa shape index (κ2) is 4.94. The summed E-state index contributed by atoms with van der Waals surface area (Å²) >= 11 is 0. The molecule has 1 aliphatic rings. The van der Waals surface area contributed by atoms with E-state index in [4.69, 9.17) is 5.11 Å². The second-order valence-electron chi connectivity index (χ2n) is 5.98. The second-order valence-corrected chi connectivity index (χ2v) is 5.98. The molecule has 0 spiro atoms. The molecule has 1 saturated carbocycles. The van der Waals surface area contributed by atoms with Crippen molar-refractivity contribution in [2.45, 2.75) is 52.0 Å². The van der Waals surface area contributed by atoms with Crippen LogP contribution in [0.5, 0.6) is 0 Å². The third-order valence-electron chi connectivity index (χ3n) is 3.05. The molecule has 0 aliphatic heterocycles. The lowest BCUT2D eigenvalue weighted by Crippen LogP contribution is -2.51. The highest BCUT2D eigenvalue weighted by molar-refractivity contribution is 5.75. The maximum Gasteiger partial charge on any atom is 0.315 e. The quantitative estimate of drug-likeness (QED) is 0.702. The molecule has 17 heavy (non-hydrogen) atoms. The maximum absolute atomic E-state index is 11.6. The van der Waals surface area contributed by atoms with Gasteiger partial charge < -0.3 is 15.7 Å². The van der Waals surface area contributed by atoms with Crippen molar-refractivity contribution in [3.8, 4) is 0 Å². The van der Waals surface area contributed by atoms with E-state index < -0.39 is 5.97 Å². The molecule has 1 rings (SSSR count). The average molecular weight is 242 g/mol. The van der Waals surface area contributed by atoms with Gasteiger partial charge in [-0.25, -0.2) is 4.79 Å². The van der Waals surface area contributed by atoms with E-state index in [1.165, 1.54) is 0 Å². The summed E-state index contributed by atoms with van der Waals surface area (Å²) in [7, 11) is 0. The van der Waals surface area contributed by atoms with Crippen LogP contribution in [0.15, 0.2) is 0 Å². The first-order valence-corrected chi connectivity index (χ1v) is 6.00. The molecule has 0 aromatic carbocycles. The zero-order chi connectivity index (χ0) is 13.1. The summed E-state index contributed by atoms with van der Waals surface area (Å²) in [6.45, 7) is 6.16. The molecular formula is C12H22N2O3. The third kappa shape index (κ3) is 4.63. The molecule has 0 atom stereocenters. The SMILES string of the molecule is CC(C)(C)NC(=O)NCC1(CC(=O)O)CCC1. The van der Waals surface area contributed by atoms with Crippen molar-refractivity contribution in [1.29, 1.82) is 0 Å². The van der Waals surface area contributed by atoms with Gasteiger partial charge in [0.2, 0.25) is 0 Å². The van der Waals surface area contributed by atoms with Crippen LogP contribution in [0.4, 0.5) is 4.79 Å². The Morgan fingerprint density at radius 2 is 1.88 bits per heavy atom. The monoisotopic (exact) mass is 242 g/mol. The first-order chi connectivity index (χ1) is 7.72. The van der Waals surface area contributed by atoms with Crippen LogP contribution < -0.4 is 10.6 Å². The average Bonchev–Trinajstić information content (AvgIpc) is 2.05. The molecule has 2 amide bonds. The number of aliphatic carboxylic acids is 1. The number of carboxylic acids is 1. The van der Waals surface area contributed by atoms with Crippen LogP contribution in [0.25, 0.3) is 0 Å². The molecule has 1 aliphatic carbocycles. The molecule has 5 heteroatoms. The van der Waals surface area contributed by atoms with Crippen molar-refractivity contribution >= 4 is 12.0 Å². The lowest BCUT2D eigenvalue weighted by molar-refractivity contribution is -0.141. The molecular weight excluding hydrogens is 220 g/mol. The Bertz CT molecular complexity index is 303. The van der Waals surface area contributed by atoms with E-state index in [-0.39, 0.29) is 23.4 Å². The van der Waals surface area contributed by atoms with E-state index >= 15 is 0 Å². The van der Waals surface area contributed by atoms with Gasteiger partial charge in [-0.15, -0.1) is 0 Å². The molecule has 0 heterocycles. The van der Waals surface area contributed by atoms with Crippen LogP contribution in [0, 0.1) is 5.41 Å². The van der Waals surface area contributed by atoms with Crippen molar-refractivity contribution in [2.24, 2.45) is 5.41 Å². The molecule has 3 N–H and O–H groups in total. The largest absolute Gasteiger partial charge is 0.481 e. The molecule has 0 bridgehead atoms. The van der Waals surface area contributed by atoms with E-state index in [9.17, 15) is 9.59 Å². The van der Waals surface area contributed by atoms with Gasteiger partial charge in [-0.2, -0.15) is 0 Å². The minimum Gasteiger partial charge on any atom is -0.481 e. The van der Waals surface area contributed by atoms with Crippen molar-refractivity contribution in [3.05, 3.63) is 0 Å². The van der Waals surface area contributed by atoms with E-state index in [0.717, 1.165) is 19.3 Å². The number of nitrogens with one attached hydrogen (secondary N) is 2. The number of carboxylic acid groups (broad SMARTS) is 1. The number of rotatable bonds is 4. The molecule has 1 fully saturated rings. The Labute approximate surface area is 102 Å². The fraction of sp³-hybridized carbons (Fsp3) is 0.833. The Morgan fingerprint density at radius 3 is 2.24 bits per heavy atom. The van der Waals surface area contributed by atoms with Gasteiger partial charge in [-0.1, -0.05) is 6.42 Å². The van der Waals surface area contributed by atoms with Gasteiger partial charge in [0.05, 0.1) is 6.42 Å². The van der Waals surface area contributed by atoms with Crippen molar-refractivity contribution < 1.29 is 14.7 Å². The molecule has 0 saturated heterocycles. The van der Waals surface area contributed by atoms with Crippen molar-refractivity contribution in [1.82, 2.24) is 10.6 Å². The summed E-state index contributed by atoms with van der Waals surface area (Å²) in [5, 5.41) is 14.4. The van der Waals surface area contributed by atoms with Gasteiger partial charge in [-0.05, 0) is 39.0 Å². The number of hydrogen-bond acceptors (Lipinski definition) is 2. The molecule has 98 valence electrons. The van der Waals surface area contributed by atoms with Gasteiger partial charge in [0.1, 0.15) is 0 Å². The third-order valence-corrected chi connectivity index (χ3v) is 3.05. The summed E-state index contributed by atoms with van der Waals surface area (Å²) in [5.41, 5.74) is -0.495. The summed E-state index contributed by atoms with van der Waals surface area (Å²) in [5.74, 6) is -0.789. The fourth-order valence-electron chi connectivity index (χ4n) is 2.07. The van der Waals surface area contributed by atoms with E-state index in [1.807, 2.05) is 20.8 Å². The highest BCUT2D eigenvalue weighted by Gasteiger charge is 2.39. The number of amides is 2. The first-order valence-electron chi connectivity index (χ1n) is 6.00. The van der Waals surface area contributed by atoms with E-state index in [1.54, 1.807) is 0 Å². The zero-order valence-electron chi connectivity index (χ0n) is 10.8. The number of hydrogen-bond donors (Lipinski definition) is 3. The fourth-order valence-corrected chi connectivity index (χ4v) is 2.07. The Hall–Kier alpha value is -1.26. The topological polar surface area (TPSA) is 78.4 Å². The maximum atomic E-state index is 11.6. The minimum absolute atomic E-state index is 0.142. The van der Waals surface area contributed by atoms with Gasteiger partial charge in [0.15, 0.2) is 0 Å². The van der Waals surface area contributed by atoms with Crippen LogP contribution in [0.1, 0.15) is 46.5 Å². The minimum atomic E-state index is -0.789. The molecule has 0 aromatic rings. The predicted octanol–water partition coefficient (Wildman–Crippen LogP) is 1.73. The van der Waals surface area contributed by atoms with E-state index in [0.29, 0.717) is 6.54 Å². The van der Waals surface area contributed by atoms with Crippen LogP contribution in [-0.2, 0) is 4.79 Å². The lowest BCUT2D eigenvalue weighted by Gasteiger charge is -2.41. The summed E-state index contributed by atoms with van der Waals surface area (Å²) < 4.78 is 0. The van der Waals surface area contributed by atoms with Crippen LogP contribution in [0.2, 0.25) is 0 Å². The van der Waals surface area contributed by atoms with E-state index in [2.05, 4.69) is 10.6 Å². The first kappa shape index (κ1) is 13.8. The summed E-state index contributed by atoms with van der Waals surface area (Å²) in [4.78, 5) is 22.3. The number of urea groups is 1. The number of carbonyl (C=O) groups excluding carboxylic acids is 1. The molecule has 0 aromatic heterocycles. The predicted molar refractivity (Wildman–Crippen MR) is 64.8 cm³/mol. The molecule has 0 unspecified atom stereocenters. The smallest absolute Gasteiger partial charge is 0.315 e. The Morgan fingerprint density at radius 1 is 1.29 bits per heavy atom.